The zero-order chi connectivity index (χ0) is 33.6. The highest BCUT2D eigenvalue weighted by molar-refractivity contribution is 8.01. The summed E-state index contributed by atoms with van der Waals surface area (Å²) in [6.45, 7) is 4.35. The van der Waals surface area contributed by atoms with Gasteiger partial charge in [-0.1, -0.05) is 19.1 Å². The minimum absolute atomic E-state index is 0.0106. The first-order valence-electron chi connectivity index (χ1n) is 15.2. The van der Waals surface area contributed by atoms with Crippen molar-refractivity contribution >= 4 is 17.7 Å². The zero-order valence-corrected chi connectivity index (χ0v) is 26.5. The van der Waals surface area contributed by atoms with Crippen LogP contribution in [0.15, 0.2) is 18.3 Å². The first-order chi connectivity index (χ1) is 21.6. The largest absolute Gasteiger partial charge is 0.394 e. The van der Waals surface area contributed by atoms with Gasteiger partial charge in [-0.2, -0.15) is 0 Å². The number of hydrogen-bond acceptors (Lipinski definition) is 9. The molecule has 2 saturated heterocycles. The number of halogens is 5. The van der Waals surface area contributed by atoms with Crippen molar-refractivity contribution in [2.45, 2.75) is 98.9 Å². The molecule has 0 bridgehead atoms. The zero-order valence-electron chi connectivity index (χ0n) is 25.7. The van der Waals surface area contributed by atoms with Gasteiger partial charge in [0.1, 0.15) is 40.7 Å². The van der Waals surface area contributed by atoms with Crippen LogP contribution in [0.3, 0.4) is 0 Å². The minimum Gasteiger partial charge on any atom is -0.394 e. The van der Waals surface area contributed by atoms with Gasteiger partial charge in [0.25, 0.3) is 0 Å². The summed E-state index contributed by atoms with van der Waals surface area (Å²) in [7, 11) is 1.31. The molecule has 2 aliphatic heterocycles. The average molecular weight is 679 g/mol. The highest BCUT2D eigenvalue weighted by Crippen LogP contribution is 2.47. The molecular weight excluding hydrogens is 639 g/mol. The van der Waals surface area contributed by atoms with E-state index in [9.17, 15) is 42.1 Å². The van der Waals surface area contributed by atoms with Crippen LogP contribution in [0.25, 0.3) is 11.3 Å². The summed E-state index contributed by atoms with van der Waals surface area (Å²) in [6, 6.07) is 0.340. The van der Waals surface area contributed by atoms with Crippen LogP contribution in [0.4, 0.5) is 22.0 Å². The molecule has 1 amide bonds. The molecule has 16 heteroatoms. The number of benzene rings is 1. The standard InChI is InChI=1S/C30H39F5N4O6S/c1-28(2)8-10-38(11-9-28)26(42)25(29(43)4-6-30(34,35)7-5-29)46-27-24(44-3)22(23(41)20(15-40)45-27)39-14-19(36-37-39)16-12-17(31)21(33)18(32)13-16/h12-14,20,22-25,27,40-41,43H,4-11,15H2,1-3H3/t20-,22+,23+,24-,25-,27+/m1/s1. The number of likely N-dealkylation sites (tertiary alicyclic amines) is 1. The molecule has 1 aromatic carbocycles. The van der Waals surface area contributed by atoms with E-state index in [1.54, 1.807) is 4.90 Å². The van der Waals surface area contributed by atoms with E-state index in [1.165, 1.54) is 13.3 Å². The third-order valence-electron chi connectivity index (χ3n) is 9.45. The summed E-state index contributed by atoms with van der Waals surface area (Å²) in [5, 5.41) is 39.8. The number of carbonyl (C=O) groups is 1. The third-order valence-corrected chi connectivity index (χ3v) is 11.0. The van der Waals surface area contributed by atoms with Crippen LogP contribution < -0.4 is 0 Å². The van der Waals surface area contributed by atoms with Gasteiger partial charge in [0.05, 0.1) is 18.4 Å². The molecule has 3 N–H and O–H groups in total. The first kappa shape index (κ1) is 35.0. The van der Waals surface area contributed by atoms with E-state index in [1.807, 2.05) is 0 Å². The van der Waals surface area contributed by atoms with Gasteiger partial charge in [-0.3, -0.25) is 4.79 Å². The van der Waals surface area contributed by atoms with E-state index in [2.05, 4.69) is 24.2 Å². The summed E-state index contributed by atoms with van der Waals surface area (Å²) in [5.74, 6) is -7.93. The normalized spacial score (nSPS) is 29.8. The number of thioether (sulfide) groups is 1. The molecule has 6 atom stereocenters. The van der Waals surface area contributed by atoms with Crippen LogP contribution in [-0.2, 0) is 14.3 Å². The maximum absolute atomic E-state index is 14.2. The van der Waals surface area contributed by atoms with E-state index in [4.69, 9.17) is 9.47 Å². The Kier molecular flexibility index (Phi) is 10.1. The number of aliphatic hydroxyl groups is 3. The van der Waals surface area contributed by atoms with E-state index >= 15 is 0 Å². The number of aliphatic hydroxyl groups excluding tert-OH is 2. The lowest BCUT2D eigenvalue weighted by molar-refractivity contribution is -0.186. The van der Waals surface area contributed by atoms with E-state index in [0.717, 1.165) is 28.6 Å². The molecule has 3 aliphatic rings. The first-order valence-corrected chi connectivity index (χ1v) is 16.1. The Balaban J connectivity index is 1.47. The van der Waals surface area contributed by atoms with Gasteiger partial charge in [-0.25, -0.2) is 26.6 Å². The number of aromatic nitrogens is 3. The fraction of sp³-hybridized carbons (Fsp3) is 0.700. The van der Waals surface area contributed by atoms with Crippen molar-refractivity contribution in [2.75, 3.05) is 26.8 Å². The molecule has 3 fully saturated rings. The number of hydrogen-bond donors (Lipinski definition) is 3. The smallest absolute Gasteiger partial charge is 0.248 e. The van der Waals surface area contributed by atoms with Crippen molar-refractivity contribution in [3.05, 3.63) is 35.8 Å². The average Bonchev–Trinajstić information content (AvgIpc) is 3.50. The second-order valence-electron chi connectivity index (χ2n) is 13.2. The van der Waals surface area contributed by atoms with Gasteiger partial charge in [-0.05, 0) is 43.2 Å². The molecule has 1 aliphatic carbocycles. The Morgan fingerprint density at radius 3 is 2.28 bits per heavy atom. The number of ether oxygens (including phenoxy) is 2. The van der Waals surface area contributed by atoms with Crippen molar-refractivity contribution in [2.24, 2.45) is 5.41 Å². The molecule has 0 unspecified atom stereocenters. The van der Waals surface area contributed by atoms with Crippen LogP contribution in [-0.4, -0.2) is 108 Å². The molecule has 1 aromatic heterocycles. The van der Waals surface area contributed by atoms with Gasteiger partial charge in [0.2, 0.25) is 11.8 Å². The molecule has 1 saturated carbocycles. The van der Waals surface area contributed by atoms with Crippen molar-refractivity contribution in [1.82, 2.24) is 19.9 Å². The molecule has 0 radical (unpaired) electrons. The van der Waals surface area contributed by atoms with Crippen LogP contribution >= 0.6 is 11.8 Å². The summed E-state index contributed by atoms with van der Waals surface area (Å²) < 4.78 is 82.7. The second-order valence-corrected chi connectivity index (χ2v) is 14.4. The fourth-order valence-corrected chi connectivity index (χ4v) is 8.00. The maximum Gasteiger partial charge on any atom is 0.248 e. The topological polar surface area (TPSA) is 130 Å². The van der Waals surface area contributed by atoms with Gasteiger partial charge in [0, 0.05) is 38.6 Å². The summed E-state index contributed by atoms with van der Waals surface area (Å²) in [4.78, 5) is 15.7. The number of carbonyl (C=O) groups excluding carboxylic acids is 1. The highest BCUT2D eigenvalue weighted by atomic mass is 32.2. The van der Waals surface area contributed by atoms with Crippen molar-refractivity contribution in [3.63, 3.8) is 0 Å². The SMILES string of the molecule is CO[C@@H]1[C@@H](n2cc(-c3cc(F)c(F)c(F)c3)nn2)[C@@H](O)[C@@H](CO)O[C@H]1S[C@H](C(=O)N1CCC(C)(C)CC1)C1(O)CCC(F)(F)CC1. The summed E-state index contributed by atoms with van der Waals surface area (Å²) in [6.07, 6.45) is -3.00. The van der Waals surface area contributed by atoms with Crippen LogP contribution in [0.1, 0.15) is 58.4 Å². The van der Waals surface area contributed by atoms with Gasteiger partial charge in [-0.15, -0.1) is 16.9 Å². The lowest BCUT2D eigenvalue weighted by Crippen LogP contribution is -2.59. The number of piperidine rings is 1. The fourth-order valence-electron chi connectivity index (χ4n) is 6.34. The predicted molar refractivity (Wildman–Crippen MR) is 156 cm³/mol. The summed E-state index contributed by atoms with van der Waals surface area (Å²) in [5.41, 5.74) is -3.12. The third kappa shape index (κ3) is 7.06. The predicted octanol–water partition coefficient (Wildman–Crippen LogP) is 3.69. The quantitative estimate of drug-likeness (QED) is 0.283. The highest BCUT2D eigenvalue weighted by Gasteiger charge is 2.54. The van der Waals surface area contributed by atoms with Gasteiger partial charge in [0.15, 0.2) is 17.5 Å². The van der Waals surface area contributed by atoms with Crippen molar-refractivity contribution < 1.29 is 51.5 Å². The van der Waals surface area contributed by atoms with Crippen LogP contribution in [0.5, 0.6) is 0 Å². The maximum atomic E-state index is 14.2. The molecule has 256 valence electrons. The Bertz CT molecular complexity index is 1370. The van der Waals surface area contributed by atoms with E-state index in [-0.39, 0.29) is 29.5 Å². The second kappa shape index (κ2) is 13.3. The molecule has 10 nitrogen and oxygen atoms in total. The molecule has 2 aromatic rings. The van der Waals surface area contributed by atoms with Crippen LogP contribution in [0.2, 0.25) is 0 Å². The Morgan fingerprint density at radius 1 is 1.11 bits per heavy atom. The molecule has 0 spiro atoms. The number of alkyl halides is 2. The number of methoxy groups -OCH3 is 1. The summed E-state index contributed by atoms with van der Waals surface area (Å²) >= 11 is 0.876. The van der Waals surface area contributed by atoms with Crippen LogP contribution in [0, 0.1) is 22.9 Å². The Labute approximate surface area is 267 Å². The molecule has 5 rings (SSSR count). The van der Waals surface area contributed by atoms with Crippen molar-refractivity contribution in [1.29, 1.82) is 0 Å². The minimum atomic E-state index is -2.98. The Hall–Kier alpha value is -2.37. The molecule has 3 heterocycles. The lowest BCUT2D eigenvalue weighted by Gasteiger charge is -2.48. The Morgan fingerprint density at radius 2 is 1.72 bits per heavy atom. The van der Waals surface area contributed by atoms with Crippen molar-refractivity contribution in [3.8, 4) is 11.3 Å². The van der Waals surface area contributed by atoms with E-state index in [0.29, 0.717) is 25.9 Å². The van der Waals surface area contributed by atoms with Gasteiger partial charge >= 0.3 is 0 Å². The molecular formula is C30H39F5N4O6S. The number of nitrogens with zero attached hydrogens (tertiary/aromatic N) is 4. The monoisotopic (exact) mass is 678 g/mol. The lowest BCUT2D eigenvalue weighted by atomic mass is 9.79. The van der Waals surface area contributed by atoms with Gasteiger partial charge < -0.3 is 29.7 Å². The number of amides is 1. The molecule has 46 heavy (non-hydrogen) atoms. The number of rotatable bonds is 8. The van der Waals surface area contributed by atoms with E-state index < -0.39 is 89.4 Å².